The second-order valence-electron chi connectivity index (χ2n) is 9.43. The van der Waals surface area contributed by atoms with Crippen LogP contribution in [0.15, 0.2) is 83.1 Å². The third kappa shape index (κ3) is 14.0. The standard InChI is InChI=1S/2C14H16N4O3S.2Na/c2*1-10-8-18-13(9-17-10)14(19)16-7-6-11-2-4-12(5-3-11)22(15,20)21;;/h2-5,8-9H,6-7H2,1H3,(H,16,19)(H2,15,20,21);2-5,8-9H,6-7H2,1H3,(H3,15,16,19,20,21);;/q;;;+1/p-1. The number of hydrogen-bond acceptors (Lipinski definition) is 10. The van der Waals surface area contributed by atoms with Gasteiger partial charge in [0.2, 0.25) is 10.0 Å². The van der Waals surface area contributed by atoms with Crippen LogP contribution >= 0.6 is 0 Å². The first-order valence-electron chi connectivity index (χ1n) is 13.1. The molecule has 2 amide bonds. The van der Waals surface area contributed by atoms with E-state index in [9.17, 15) is 26.4 Å². The summed E-state index contributed by atoms with van der Waals surface area (Å²) in [5.41, 5.74) is 3.74. The Hall–Kier alpha value is -2.64. The largest absolute Gasteiger partial charge is 1.00 e. The molecule has 14 nitrogen and oxygen atoms in total. The smallest absolute Gasteiger partial charge is 0.560 e. The van der Waals surface area contributed by atoms with Crippen LogP contribution in [0.2, 0.25) is 0 Å². The molecule has 233 valence electrons. The number of nitrogens with one attached hydrogen (secondary N) is 3. The van der Waals surface area contributed by atoms with Crippen LogP contribution in [0.1, 0.15) is 43.5 Å². The van der Waals surface area contributed by atoms with E-state index in [1.54, 1.807) is 38.1 Å². The number of carbonyl (C=O) groups excluding carboxylic acids is 2. The van der Waals surface area contributed by atoms with Crippen LogP contribution in [0.4, 0.5) is 0 Å². The molecule has 18 heteroatoms. The molecule has 2 aromatic carbocycles. The molecule has 0 aliphatic rings. The summed E-state index contributed by atoms with van der Waals surface area (Å²) in [4.78, 5) is 39.6. The first-order chi connectivity index (χ1) is 20.7. The number of sulfonamides is 2. The zero-order valence-electron chi connectivity index (χ0n) is 25.9. The van der Waals surface area contributed by atoms with Crippen LogP contribution in [-0.2, 0) is 32.9 Å². The second-order valence-corrected chi connectivity index (χ2v) is 12.5. The Balaban J connectivity index is 0.000000441. The molecule has 0 atom stereocenters. The molecular weight excluding hydrogens is 654 g/mol. The van der Waals surface area contributed by atoms with Crippen molar-refractivity contribution in [2.75, 3.05) is 13.1 Å². The fourth-order valence-corrected chi connectivity index (χ4v) is 4.53. The van der Waals surface area contributed by atoms with Crippen LogP contribution in [-0.4, -0.2) is 91.2 Å². The molecule has 5 N–H and O–H groups in total. The van der Waals surface area contributed by atoms with Crippen molar-refractivity contribution in [3.63, 3.8) is 0 Å². The average molecular weight is 686 g/mol. The van der Waals surface area contributed by atoms with E-state index in [0.29, 0.717) is 25.9 Å². The normalized spacial score (nSPS) is 10.7. The first kappa shape index (κ1) is 41.4. The van der Waals surface area contributed by atoms with Crippen LogP contribution < -0.4 is 45.3 Å². The topological polar surface area (TPSA) is 228 Å². The summed E-state index contributed by atoms with van der Waals surface area (Å²) in [6, 6.07) is 12.2. The summed E-state index contributed by atoms with van der Waals surface area (Å²) in [6.45, 7) is 4.37. The van der Waals surface area contributed by atoms with E-state index in [4.69, 9.17) is 10.3 Å². The summed E-state index contributed by atoms with van der Waals surface area (Å²) < 4.78 is 44.3. The summed E-state index contributed by atoms with van der Waals surface area (Å²) in [7, 11) is -7.61. The number of primary sulfonamides is 1. The van der Waals surface area contributed by atoms with Gasteiger partial charge in [-0.3, -0.25) is 19.6 Å². The fraction of sp³-hybridized carbons (Fsp3) is 0.214. The molecule has 0 aliphatic heterocycles. The van der Waals surface area contributed by atoms with E-state index in [1.807, 2.05) is 0 Å². The van der Waals surface area contributed by atoms with Gasteiger partial charge in [-0.25, -0.2) is 31.9 Å². The van der Waals surface area contributed by atoms with E-state index >= 15 is 0 Å². The van der Waals surface area contributed by atoms with Gasteiger partial charge < -0.3 is 15.8 Å². The Morgan fingerprint density at radius 3 is 1.35 bits per heavy atom. The predicted molar refractivity (Wildman–Crippen MR) is 167 cm³/mol. The van der Waals surface area contributed by atoms with Crippen molar-refractivity contribution in [2.45, 2.75) is 36.5 Å². The molecule has 2 aromatic heterocycles. The molecule has 0 spiro atoms. The number of aryl methyl sites for hydroxylation is 2. The zero-order valence-corrected chi connectivity index (χ0v) is 31.5. The van der Waals surface area contributed by atoms with Gasteiger partial charge in [-0.2, -0.15) is 0 Å². The summed E-state index contributed by atoms with van der Waals surface area (Å²) in [5.74, 6) is -0.605. The first-order valence-corrected chi connectivity index (χ1v) is 16.1. The van der Waals surface area contributed by atoms with Gasteiger partial charge in [0.15, 0.2) is 0 Å². The number of amides is 2. The third-order valence-electron chi connectivity index (χ3n) is 5.91. The molecule has 4 aromatic rings. The number of carbonyl (C=O) groups is 2. The molecule has 0 aliphatic carbocycles. The van der Waals surface area contributed by atoms with Gasteiger partial charge in [0.1, 0.15) is 11.4 Å². The Morgan fingerprint density at radius 2 is 1.04 bits per heavy atom. The molecule has 2 heterocycles. The van der Waals surface area contributed by atoms with Gasteiger partial charge in [0.25, 0.3) is 11.8 Å². The monoisotopic (exact) mass is 685 g/mol. The quantitative estimate of drug-likeness (QED) is 0.164. The van der Waals surface area contributed by atoms with E-state index in [1.165, 1.54) is 49.1 Å². The maximum absolute atomic E-state index is 11.8. The molecule has 0 saturated heterocycles. The number of aromatic nitrogens is 4. The Morgan fingerprint density at radius 1 is 0.674 bits per heavy atom. The number of nitrogens with two attached hydrogens (primary N) is 1. The van der Waals surface area contributed by atoms with E-state index in [2.05, 4.69) is 30.6 Å². The van der Waals surface area contributed by atoms with Gasteiger partial charge in [-0.05, 0) is 62.1 Å². The summed E-state index contributed by atoms with van der Waals surface area (Å²) >= 11 is 0. The minimum Gasteiger partial charge on any atom is -0.560 e. The van der Waals surface area contributed by atoms with E-state index in [-0.39, 0.29) is 92.1 Å². The van der Waals surface area contributed by atoms with Crippen LogP contribution in [0.5, 0.6) is 0 Å². The molecule has 0 fully saturated rings. The molecule has 0 saturated carbocycles. The van der Waals surface area contributed by atoms with Gasteiger partial charge >= 0.3 is 29.6 Å². The summed E-state index contributed by atoms with van der Waals surface area (Å²) in [5, 5.41) is 17.4. The number of nitrogens with zero attached hydrogens (tertiary/aromatic N) is 4. The SMILES string of the molecule is Cc1cnc(C(=O)NCCc2ccc(S(N)(=O)=O)cc2)cn1.Cc1cnc(C(=O)NCCc2ccc(S([NH-])(=O)=O)cc2)cn1.[Na+].[Na]. The van der Waals surface area contributed by atoms with Crippen molar-refractivity contribution < 1.29 is 56.0 Å². The van der Waals surface area contributed by atoms with Crippen molar-refractivity contribution in [1.82, 2.24) is 30.6 Å². The third-order valence-corrected chi connectivity index (χ3v) is 7.73. The maximum Gasteiger partial charge on any atom is 1.00 e. The molecular formula is C28H31N8Na2O6S2. The molecule has 46 heavy (non-hydrogen) atoms. The van der Waals surface area contributed by atoms with Crippen molar-refractivity contribution in [1.29, 1.82) is 0 Å². The minimum absolute atomic E-state index is 0. The van der Waals surface area contributed by atoms with Gasteiger partial charge in [-0.1, -0.05) is 24.3 Å². The van der Waals surface area contributed by atoms with Crippen LogP contribution in [0.3, 0.4) is 0 Å². The molecule has 1 radical (unpaired) electrons. The van der Waals surface area contributed by atoms with Crippen LogP contribution in [0.25, 0.3) is 5.14 Å². The Labute approximate surface area is 312 Å². The zero-order chi connectivity index (χ0) is 32.3. The van der Waals surface area contributed by atoms with Crippen molar-refractivity contribution in [3.05, 3.63) is 112 Å². The Bertz CT molecular complexity index is 1660. The van der Waals surface area contributed by atoms with E-state index in [0.717, 1.165) is 22.5 Å². The molecule has 0 unspecified atom stereocenters. The maximum atomic E-state index is 11.8. The summed E-state index contributed by atoms with van der Waals surface area (Å²) in [6.07, 6.45) is 7.00. The Kier molecular flexibility index (Phi) is 17.3. The minimum atomic E-state index is -3.93. The van der Waals surface area contributed by atoms with Gasteiger partial charge in [0, 0.05) is 59.9 Å². The van der Waals surface area contributed by atoms with Crippen LogP contribution in [0, 0.1) is 13.8 Å². The number of hydrogen-bond donors (Lipinski definition) is 3. The number of benzene rings is 2. The predicted octanol–water partition coefficient (Wildman–Crippen LogP) is -1.47. The van der Waals surface area contributed by atoms with Crippen molar-refractivity contribution in [3.8, 4) is 0 Å². The molecule has 0 bridgehead atoms. The average Bonchev–Trinajstić information content (AvgIpc) is 2.98. The van der Waals surface area contributed by atoms with Crippen molar-refractivity contribution in [2.24, 2.45) is 5.14 Å². The van der Waals surface area contributed by atoms with Gasteiger partial charge in [0.05, 0.1) is 38.7 Å². The van der Waals surface area contributed by atoms with Crippen molar-refractivity contribution >= 4 is 61.4 Å². The second kappa shape index (κ2) is 19.2. The molecule has 4 rings (SSSR count). The number of rotatable bonds is 10. The van der Waals surface area contributed by atoms with E-state index < -0.39 is 20.0 Å². The van der Waals surface area contributed by atoms with Gasteiger partial charge in [-0.15, -0.1) is 0 Å². The fourth-order valence-electron chi connectivity index (χ4n) is 3.52.